The second-order valence-corrected chi connectivity index (χ2v) is 6.66. The Morgan fingerprint density at radius 1 is 1.12 bits per heavy atom. The van der Waals surface area contributed by atoms with Crippen LogP contribution < -0.4 is 4.74 Å². The van der Waals surface area contributed by atoms with Gasteiger partial charge in [-0.05, 0) is 36.4 Å². The molecule has 0 aliphatic heterocycles. The Balaban J connectivity index is 1.72. The first-order valence-corrected chi connectivity index (χ1v) is 9.54. The maximum absolute atomic E-state index is 12.6. The quantitative estimate of drug-likeness (QED) is 0.351. The zero-order chi connectivity index (χ0) is 18.4. The molecule has 0 fully saturated rings. The van der Waals surface area contributed by atoms with E-state index in [9.17, 15) is 4.79 Å². The molecule has 1 aromatic heterocycles. The van der Waals surface area contributed by atoms with Crippen LogP contribution in [-0.2, 0) is 13.0 Å². The van der Waals surface area contributed by atoms with E-state index in [-0.39, 0.29) is 12.2 Å². The van der Waals surface area contributed by atoms with E-state index in [1.54, 1.807) is 12.3 Å². The number of thioether (sulfide) groups is 1. The van der Waals surface area contributed by atoms with Crippen LogP contribution in [0.3, 0.4) is 0 Å². The molecule has 0 bridgehead atoms. The van der Waals surface area contributed by atoms with E-state index < -0.39 is 0 Å². The van der Waals surface area contributed by atoms with E-state index >= 15 is 0 Å². The van der Waals surface area contributed by atoms with Crippen molar-refractivity contribution in [3.63, 3.8) is 0 Å². The van der Waals surface area contributed by atoms with Crippen LogP contribution in [0.15, 0.2) is 66.0 Å². The number of nitrogens with zero attached hydrogens (tertiary/aromatic N) is 2. The molecule has 5 heteroatoms. The second kappa shape index (κ2) is 8.63. The topological polar surface area (TPSA) is 52.1 Å². The fourth-order valence-electron chi connectivity index (χ4n) is 2.50. The average Bonchev–Trinajstić information content (AvgIpc) is 2.68. The maximum atomic E-state index is 12.6. The van der Waals surface area contributed by atoms with Crippen molar-refractivity contribution in [2.24, 2.45) is 0 Å². The van der Waals surface area contributed by atoms with Crippen molar-refractivity contribution in [3.8, 4) is 5.75 Å². The molecule has 0 saturated carbocycles. The predicted molar refractivity (Wildman–Crippen MR) is 104 cm³/mol. The van der Waals surface area contributed by atoms with Gasteiger partial charge in [0.2, 0.25) is 0 Å². The summed E-state index contributed by atoms with van der Waals surface area (Å²) in [4.78, 5) is 21.1. The van der Waals surface area contributed by atoms with E-state index in [2.05, 4.69) is 9.97 Å². The van der Waals surface area contributed by atoms with E-state index in [4.69, 9.17) is 4.74 Å². The normalized spacial score (nSPS) is 10.5. The molecule has 3 rings (SSSR count). The lowest BCUT2D eigenvalue weighted by Gasteiger charge is -2.11. The first-order valence-electron chi connectivity index (χ1n) is 8.32. The molecule has 4 nitrogen and oxygen atoms in total. The fourth-order valence-corrected chi connectivity index (χ4v) is 2.88. The monoisotopic (exact) mass is 364 g/mol. The second-order valence-electron chi connectivity index (χ2n) is 5.89. The highest BCUT2D eigenvalue weighted by molar-refractivity contribution is 7.98. The minimum atomic E-state index is 0.0142. The Morgan fingerprint density at radius 2 is 1.92 bits per heavy atom. The summed E-state index contributed by atoms with van der Waals surface area (Å²) in [5.74, 6) is 0.743. The highest BCUT2D eigenvalue weighted by Crippen LogP contribution is 2.22. The number of aryl methyl sites for hydroxylation is 1. The number of Topliss-reactive ketones (excluding diaryl/α,β-unsaturated/α-hetero) is 1. The lowest BCUT2D eigenvalue weighted by Crippen LogP contribution is -2.07. The largest absolute Gasteiger partial charge is 0.489 e. The number of carbonyl (C=O) groups excluding carboxylic acids is 1. The number of aromatic nitrogens is 2. The number of ketones is 1. The van der Waals surface area contributed by atoms with Gasteiger partial charge in [0.05, 0.1) is 12.1 Å². The minimum Gasteiger partial charge on any atom is -0.489 e. The van der Waals surface area contributed by atoms with Crippen LogP contribution in [-0.4, -0.2) is 22.0 Å². The third kappa shape index (κ3) is 4.70. The van der Waals surface area contributed by atoms with Crippen molar-refractivity contribution in [1.82, 2.24) is 9.97 Å². The maximum Gasteiger partial charge on any atom is 0.187 e. The van der Waals surface area contributed by atoms with Gasteiger partial charge in [0.15, 0.2) is 10.9 Å². The summed E-state index contributed by atoms with van der Waals surface area (Å²) in [5, 5.41) is 0.672. The van der Waals surface area contributed by atoms with E-state index in [1.807, 2.05) is 61.7 Å². The molecule has 0 aliphatic rings. The van der Waals surface area contributed by atoms with Crippen LogP contribution in [0.2, 0.25) is 0 Å². The number of rotatable bonds is 7. The molecule has 1 heterocycles. The standard InChI is InChI=1S/C21H20N2O2S/c1-15-8-9-17(12-20(15)25-14-16-6-4-3-5-7-16)19(24)13-18-10-11-22-21(23-18)26-2/h3-12H,13-14H2,1-2H3. The van der Waals surface area contributed by atoms with Gasteiger partial charge in [-0.15, -0.1) is 0 Å². The van der Waals surface area contributed by atoms with Crippen molar-refractivity contribution in [2.45, 2.75) is 25.1 Å². The Morgan fingerprint density at radius 3 is 2.69 bits per heavy atom. The molecule has 0 aliphatic carbocycles. The number of ether oxygens (including phenoxy) is 1. The lowest BCUT2D eigenvalue weighted by atomic mass is 10.0. The molecule has 0 amide bonds. The van der Waals surface area contributed by atoms with E-state index in [0.717, 1.165) is 22.6 Å². The molecular weight excluding hydrogens is 344 g/mol. The highest BCUT2D eigenvalue weighted by atomic mass is 32.2. The van der Waals surface area contributed by atoms with Gasteiger partial charge in [-0.3, -0.25) is 4.79 Å². The molecule has 0 N–H and O–H groups in total. The van der Waals surface area contributed by atoms with Crippen LogP contribution >= 0.6 is 11.8 Å². The molecule has 0 spiro atoms. The summed E-state index contributed by atoms with van der Waals surface area (Å²) in [6.07, 6.45) is 3.85. The fraction of sp³-hybridized carbons (Fsp3) is 0.190. The van der Waals surface area contributed by atoms with Crippen LogP contribution in [0, 0.1) is 6.92 Å². The summed E-state index contributed by atoms with van der Waals surface area (Å²) in [7, 11) is 0. The number of hydrogen-bond donors (Lipinski definition) is 0. The number of carbonyl (C=O) groups is 1. The summed E-state index contributed by atoms with van der Waals surface area (Å²) in [6.45, 7) is 2.45. The Labute approximate surface area is 157 Å². The zero-order valence-corrected chi connectivity index (χ0v) is 15.6. The summed E-state index contributed by atoms with van der Waals surface area (Å²) in [6, 6.07) is 17.3. The molecule has 3 aromatic rings. The van der Waals surface area contributed by atoms with Crippen molar-refractivity contribution >= 4 is 17.5 Å². The lowest BCUT2D eigenvalue weighted by molar-refractivity contribution is 0.0991. The van der Waals surface area contributed by atoms with Crippen molar-refractivity contribution in [2.75, 3.05) is 6.26 Å². The van der Waals surface area contributed by atoms with Gasteiger partial charge in [0.1, 0.15) is 12.4 Å². The summed E-state index contributed by atoms with van der Waals surface area (Å²) in [5.41, 5.74) is 3.45. The van der Waals surface area contributed by atoms with Crippen LogP contribution in [0.25, 0.3) is 0 Å². The van der Waals surface area contributed by atoms with Gasteiger partial charge in [-0.2, -0.15) is 0 Å². The Hall–Kier alpha value is -2.66. The van der Waals surface area contributed by atoms with E-state index in [0.29, 0.717) is 17.3 Å². The molecule has 2 aromatic carbocycles. The van der Waals surface area contributed by atoms with Crippen molar-refractivity contribution in [1.29, 1.82) is 0 Å². The first-order chi connectivity index (χ1) is 12.7. The molecule has 132 valence electrons. The Kier molecular flexibility index (Phi) is 6.02. The van der Waals surface area contributed by atoms with Crippen LogP contribution in [0.1, 0.15) is 27.2 Å². The highest BCUT2D eigenvalue weighted by Gasteiger charge is 2.11. The van der Waals surface area contributed by atoms with Gasteiger partial charge in [0.25, 0.3) is 0 Å². The van der Waals surface area contributed by atoms with Crippen LogP contribution in [0.5, 0.6) is 5.75 Å². The zero-order valence-electron chi connectivity index (χ0n) is 14.8. The van der Waals surface area contributed by atoms with Gasteiger partial charge in [0, 0.05) is 11.8 Å². The SMILES string of the molecule is CSc1nccc(CC(=O)c2ccc(C)c(OCc3ccccc3)c2)n1. The molecule has 0 unspecified atom stereocenters. The summed E-state index contributed by atoms with van der Waals surface area (Å²) >= 11 is 1.46. The molecule has 0 radical (unpaired) electrons. The number of benzene rings is 2. The molecule has 0 saturated heterocycles. The molecule has 0 atom stereocenters. The molecule has 26 heavy (non-hydrogen) atoms. The van der Waals surface area contributed by atoms with Crippen LogP contribution in [0.4, 0.5) is 0 Å². The van der Waals surface area contributed by atoms with Gasteiger partial charge in [-0.1, -0.05) is 54.2 Å². The van der Waals surface area contributed by atoms with Gasteiger partial charge < -0.3 is 4.74 Å². The van der Waals surface area contributed by atoms with Gasteiger partial charge >= 0.3 is 0 Å². The third-order valence-electron chi connectivity index (χ3n) is 3.96. The smallest absolute Gasteiger partial charge is 0.187 e. The minimum absolute atomic E-state index is 0.0142. The number of hydrogen-bond acceptors (Lipinski definition) is 5. The van der Waals surface area contributed by atoms with Crippen molar-refractivity contribution < 1.29 is 9.53 Å². The third-order valence-corrected chi connectivity index (χ3v) is 4.52. The van der Waals surface area contributed by atoms with E-state index in [1.165, 1.54) is 11.8 Å². The molecular formula is C21H20N2O2S. The average molecular weight is 364 g/mol. The van der Waals surface area contributed by atoms with Crippen molar-refractivity contribution in [3.05, 3.63) is 83.2 Å². The predicted octanol–water partition coefficient (Wildman–Crippen LogP) is 4.51. The summed E-state index contributed by atoms with van der Waals surface area (Å²) < 4.78 is 5.92. The van der Waals surface area contributed by atoms with Gasteiger partial charge in [-0.25, -0.2) is 9.97 Å². The first kappa shape index (κ1) is 18.1. The Bertz CT molecular complexity index is 898.